The fourth-order valence-corrected chi connectivity index (χ4v) is 1.32. The van der Waals surface area contributed by atoms with Crippen LogP contribution in [0.4, 0.5) is 14.5 Å². The normalized spacial score (nSPS) is 10.2. The molecule has 98 valence electrons. The number of carboxylic acid groups (broad SMARTS) is 1. The van der Waals surface area contributed by atoms with E-state index in [1.54, 1.807) is 0 Å². The molecule has 19 heavy (non-hydrogen) atoms. The van der Waals surface area contributed by atoms with Crippen LogP contribution >= 0.6 is 0 Å². The van der Waals surface area contributed by atoms with Gasteiger partial charge in [0.25, 0.3) is 0 Å². The van der Waals surface area contributed by atoms with Gasteiger partial charge < -0.3 is 15.6 Å². The minimum atomic E-state index is -1.29. The highest BCUT2D eigenvalue weighted by atomic mass is 19.2. The van der Waals surface area contributed by atoms with Crippen molar-refractivity contribution in [1.82, 2.24) is 4.98 Å². The van der Waals surface area contributed by atoms with Gasteiger partial charge in [-0.3, -0.25) is 0 Å². The molecular weight excluding hydrogens is 258 g/mol. The van der Waals surface area contributed by atoms with E-state index in [9.17, 15) is 13.6 Å². The highest BCUT2D eigenvalue weighted by Gasteiger charge is 2.14. The first-order valence-corrected chi connectivity index (χ1v) is 5.10. The molecule has 0 fully saturated rings. The molecule has 0 aliphatic carbocycles. The molecule has 5 nitrogen and oxygen atoms in total. The zero-order valence-electron chi connectivity index (χ0n) is 9.43. The van der Waals surface area contributed by atoms with E-state index in [4.69, 9.17) is 15.6 Å². The van der Waals surface area contributed by atoms with Crippen molar-refractivity contribution < 1.29 is 23.4 Å². The van der Waals surface area contributed by atoms with Gasteiger partial charge in [-0.05, 0) is 24.3 Å². The second-order valence-corrected chi connectivity index (χ2v) is 3.55. The van der Waals surface area contributed by atoms with Crippen molar-refractivity contribution in [2.45, 2.75) is 0 Å². The van der Waals surface area contributed by atoms with Gasteiger partial charge in [0.05, 0.1) is 5.69 Å². The maximum absolute atomic E-state index is 13.4. The zero-order valence-corrected chi connectivity index (χ0v) is 9.43. The number of carboxylic acids is 1. The summed E-state index contributed by atoms with van der Waals surface area (Å²) in [5.41, 5.74) is 5.22. The average molecular weight is 266 g/mol. The lowest BCUT2D eigenvalue weighted by Crippen LogP contribution is -2.04. The summed E-state index contributed by atoms with van der Waals surface area (Å²) in [5.74, 6) is -4.31. The molecule has 0 aliphatic heterocycles. The smallest absolute Gasteiger partial charge is 0.354 e. The summed E-state index contributed by atoms with van der Waals surface area (Å²) in [6, 6.07) is 5.76. The molecule has 0 radical (unpaired) electrons. The lowest BCUT2D eigenvalue weighted by atomic mass is 10.3. The number of ether oxygens (including phenoxy) is 1. The number of nitrogens with zero attached hydrogens (tertiary/aromatic N) is 1. The molecule has 0 unspecified atom stereocenters. The molecule has 0 bridgehead atoms. The highest BCUT2D eigenvalue weighted by Crippen LogP contribution is 2.28. The molecule has 3 N–H and O–H groups in total. The molecule has 0 saturated heterocycles. The van der Waals surface area contributed by atoms with Crippen LogP contribution in [-0.2, 0) is 0 Å². The van der Waals surface area contributed by atoms with Crippen molar-refractivity contribution in [3.8, 4) is 11.6 Å². The van der Waals surface area contributed by atoms with Crippen LogP contribution in [0.1, 0.15) is 10.5 Å². The number of anilines is 1. The van der Waals surface area contributed by atoms with Crippen molar-refractivity contribution in [3.63, 3.8) is 0 Å². The first-order valence-electron chi connectivity index (χ1n) is 5.10. The Morgan fingerprint density at radius 2 is 2.00 bits per heavy atom. The number of benzene rings is 1. The summed E-state index contributed by atoms with van der Waals surface area (Å²) in [7, 11) is 0. The Labute approximate surface area is 106 Å². The third-order valence-corrected chi connectivity index (χ3v) is 2.23. The van der Waals surface area contributed by atoms with E-state index in [0.29, 0.717) is 0 Å². The van der Waals surface area contributed by atoms with Crippen LogP contribution in [0.3, 0.4) is 0 Å². The number of nitrogens with two attached hydrogens (primary N) is 1. The standard InChI is InChI=1S/C12H8F2N2O3/c13-6-2-1-3-9(10(6)14)19-11-7(15)4-5-8(16-11)12(17)18/h1-5H,15H2,(H,17,18). The number of rotatable bonds is 3. The van der Waals surface area contributed by atoms with Gasteiger partial charge in [-0.25, -0.2) is 14.2 Å². The van der Waals surface area contributed by atoms with Crippen molar-refractivity contribution in [2.24, 2.45) is 0 Å². The van der Waals surface area contributed by atoms with Crippen LogP contribution in [0.15, 0.2) is 30.3 Å². The Bertz CT molecular complexity index is 647. The van der Waals surface area contributed by atoms with Crippen LogP contribution in [-0.4, -0.2) is 16.1 Å². The van der Waals surface area contributed by atoms with E-state index in [2.05, 4.69) is 4.98 Å². The van der Waals surface area contributed by atoms with Gasteiger partial charge in [0.15, 0.2) is 17.3 Å². The molecule has 0 spiro atoms. The number of pyridine rings is 1. The molecule has 1 heterocycles. The first-order chi connectivity index (χ1) is 8.99. The van der Waals surface area contributed by atoms with E-state index < -0.39 is 23.4 Å². The second-order valence-electron chi connectivity index (χ2n) is 3.55. The fraction of sp³-hybridized carbons (Fsp3) is 0. The van der Waals surface area contributed by atoms with Gasteiger partial charge >= 0.3 is 5.97 Å². The molecule has 1 aromatic carbocycles. The summed E-state index contributed by atoms with van der Waals surface area (Å²) in [6.45, 7) is 0. The Morgan fingerprint density at radius 1 is 1.26 bits per heavy atom. The van der Waals surface area contributed by atoms with Crippen LogP contribution in [0.2, 0.25) is 0 Å². The molecular formula is C12H8F2N2O3. The van der Waals surface area contributed by atoms with Crippen molar-refractivity contribution in [2.75, 3.05) is 5.73 Å². The number of halogens is 2. The number of aromatic carboxylic acids is 1. The van der Waals surface area contributed by atoms with Crippen LogP contribution in [0.25, 0.3) is 0 Å². The molecule has 7 heteroatoms. The lowest BCUT2D eigenvalue weighted by Gasteiger charge is -2.08. The largest absolute Gasteiger partial charge is 0.477 e. The van der Waals surface area contributed by atoms with Crippen molar-refractivity contribution in [3.05, 3.63) is 47.7 Å². The lowest BCUT2D eigenvalue weighted by molar-refractivity contribution is 0.0689. The third kappa shape index (κ3) is 2.59. The first kappa shape index (κ1) is 12.7. The van der Waals surface area contributed by atoms with E-state index in [-0.39, 0.29) is 17.3 Å². The predicted molar refractivity (Wildman–Crippen MR) is 62.0 cm³/mol. The maximum Gasteiger partial charge on any atom is 0.354 e. The predicted octanol–water partition coefficient (Wildman–Crippen LogP) is 2.43. The van der Waals surface area contributed by atoms with Crippen LogP contribution in [0, 0.1) is 11.6 Å². The molecule has 2 rings (SSSR count). The Kier molecular flexibility index (Phi) is 3.28. The summed E-state index contributed by atoms with van der Waals surface area (Å²) in [5, 5.41) is 8.77. The van der Waals surface area contributed by atoms with Crippen molar-refractivity contribution in [1.29, 1.82) is 0 Å². The fourth-order valence-electron chi connectivity index (χ4n) is 1.32. The third-order valence-electron chi connectivity index (χ3n) is 2.23. The second kappa shape index (κ2) is 4.89. The van der Waals surface area contributed by atoms with Crippen molar-refractivity contribution >= 4 is 11.7 Å². The highest BCUT2D eigenvalue weighted by molar-refractivity contribution is 5.86. The quantitative estimate of drug-likeness (QED) is 0.891. The van der Waals surface area contributed by atoms with E-state index in [1.165, 1.54) is 24.3 Å². The topological polar surface area (TPSA) is 85.4 Å². The van der Waals surface area contributed by atoms with E-state index >= 15 is 0 Å². The molecule has 2 aromatic rings. The molecule has 0 atom stereocenters. The summed E-state index contributed by atoms with van der Waals surface area (Å²) in [4.78, 5) is 14.3. The number of hydrogen-bond donors (Lipinski definition) is 2. The number of aromatic nitrogens is 1. The Morgan fingerprint density at radius 3 is 2.68 bits per heavy atom. The minimum absolute atomic E-state index is 0.00802. The van der Waals surface area contributed by atoms with Crippen LogP contribution in [0.5, 0.6) is 11.6 Å². The van der Waals surface area contributed by atoms with Gasteiger partial charge in [-0.15, -0.1) is 0 Å². The molecule has 0 saturated carbocycles. The van der Waals surface area contributed by atoms with Gasteiger partial charge in [0, 0.05) is 0 Å². The van der Waals surface area contributed by atoms with Gasteiger partial charge in [-0.1, -0.05) is 6.07 Å². The molecule has 0 aliphatic rings. The number of hydrogen-bond acceptors (Lipinski definition) is 4. The summed E-state index contributed by atoms with van der Waals surface area (Å²) in [6.07, 6.45) is 0. The van der Waals surface area contributed by atoms with Gasteiger partial charge in [0.1, 0.15) is 0 Å². The Hall–Kier alpha value is -2.70. The van der Waals surface area contributed by atoms with E-state index in [1.807, 2.05) is 0 Å². The number of carbonyl (C=O) groups is 1. The van der Waals surface area contributed by atoms with Gasteiger partial charge in [0.2, 0.25) is 11.7 Å². The number of nitrogen functional groups attached to an aromatic ring is 1. The minimum Gasteiger partial charge on any atom is -0.477 e. The van der Waals surface area contributed by atoms with Gasteiger partial charge in [-0.2, -0.15) is 4.39 Å². The average Bonchev–Trinajstić information content (AvgIpc) is 2.37. The summed E-state index contributed by atoms with van der Waals surface area (Å²) < 4.78 is 31.4. The zero-order chi connectivity index (χ0) is 14.0. The van der Waals surface area contributed by atoms with Crippen LogP contribution < -0.4 is 10.5 Å². The Balaban J connectivity index is 2.40. The molecule has 1 aromatic heterocycles. The monoisotopic (exact) mass is 266 g/mol. The van der Waals surface area contributed by atoms with E-state index in [0.717, 1.165) is 6.07 Å². The maximum atomic E-state index is 13.4. The summed E-state index contributed by atoms with van der Waals surface area (Å²) >= 11 is 0. The molecule has 0 amide bonds. The SMILES string of the molecule is Nc1ccc(C(=O)O)nc1Oc1cccc(F)c1F.